The van der Waals surface area contributed by atoms with Crippen molar-refractivity contribution in [1.29, 1.82) is 0 Å². The van der Waals surface area contributed by atoms with Crippen LogP contribution < -0.4 is 80.0 Å². The average Bonchev–Trinajstić information content (AvgIpc) is 1.94. The van der Waals surface area contributed by atoms with Crippen LogP contribution in [0.4, 0.5) is 0 Å². The maximum Gasteiger partial charge on any atom is 1.00 e. The second-order valence-corrected chi connectivity index (χ2v) is 5.85. The van der Waals surface area contributed by atoms with Gasteiger partial charge in [-0.3, -0.25) is 0 Å². The Morgan fingerprint density at radius 1 is 1.12 bits per heavy atom. The molecule has 0 fully saturated rings. The molecule has 0 aliphatic rings. The van der Waals surface area contributed by atoms with Gasteiger partial charge in [0.1, 0.15) is 0 Å². The minimum Gasteiger partial charge on any atom is -0.803 e. The molecule has 0 aromatic rings. The normalized spacial score (nSPS) is 8.41. The third-order valence-corrected chi connectivity index (χ3v) is 3.29. The minimum atomic E-state index is -4.37. The van der Waals surface area contributed by atoms with E-state index in [1.807, 2.05) is 0 Å². The SMILES string of the molecule is NCCCNCCSP(=O)([O-])[O-].O.O.O.[Na+].[Na+]. The van der Waals surface area contributed by atoms with Crippen LogP contribution in [0.3, 0.4) is 0 Å². The molecule has 0 atom stereocenters. The number of hydrogen-bond acceptors (Lipinski definition) is 6. The molecule has 17 heavy (non-hydrogen) atoms. The summed E-state index contributed by atoms with van der Waals surface area (Å²) in [5.74, 6) is 0.300. The second kappa shape index (κ2) is 23.4. The molecule has 0 radical (unpaired) electrons. The average molecular weight is 312 g/mol. The second-order valence-electron chi connectivity index (χ2n) is 2.17. The molecule has 0 spiro atoms. The molecule has 12 heteroatoms. The third kappa shape index (κ3) is 38.1. The zero-order valence-corrected chi connectivity index (χ0v) is 15.9. The van der Waals surface area contributed by atoms with Crippen molar-refractivity contribution in [3.8, 4) is 0 Å². The van der Waals surface area contributed by atoms with E-state index in [0.717, 1.165) is 13.0 Å². The topological polar surface area (TPSA) is 196 Å². The number of hydrogen-bond donors (Lipinski definition) is 2. The van der Waals surface area contributed by atoms with E-state index < -0.39 is 6.80 Å². The molecule has 0 aliphatic carbocycles. The number of nitrogens with two attached hydrogens (primary N) is 1. The van der Waals surface area contributed by atoms with Gasteiger partial charge in [0.25, 0.3) is 0 Å². The summed E-state index contributed by atoms with van der Waals surface area (Å²) in [5, 5.41) is 2.96. The van der Waals surface area contributed by atoms with Crippen molar-refractivity contribution in [2.75, 3.05) is 25.4 Å². The Hall–Kier alpha value is 2.30. The van der Waals surface area contributed by atoms with E-state index in [9.17, 15) is 14.4 Å². The fraction of sp³-hybridized carbons (Fsp3) is 1.00. The standard InChI is InChI=1S/C5H15N2O3PS.2Na.3H2O/c6-2-1-3-7-4-5-12-11(8,9)10;;;;;/h7H,1-6H2,(H2,8,9,10);;;3*1H2/q;2*+1;;;/p-2. The van der Waals surface area contributed by atoms with Gasteiger partial charge < -0.3 is 41.8 Å². The van der Waals surface area contributed by atoms with Crippen LogP contribution in [0.2, 0.25) is 0 Å². The van der Waals surface area contributed by atoms with Gasteiger partial charge in [0.2, 0.25) is 0 Å². The summed E-state index contributed by atoms with van der Waals surface area (Å²) >= 11 is 0.442. The van der Waals surface area contributed by atoms with Crippen LogP contribution in [0.1, 0.15) is 6.42 Å². The van der Waals surface area contributed by atoms with Crippen LogP contribution in [0.5, 0.6) is 0 Å². The van der Waals surface area contributed by atoms with Crippen LogP contribution in [0, 0.1) is 0 Å². The Kier molecular flexibility index (Phi) is 50.3. The zero-order chi connectivity index (χ0) is 9.45. The molecule has 0 heterocycles. The smallest absolute Gasteiger partial charge is 0.803 e. The molecule has 98 valence electrons. The van der Waals surface area contributed by atoms with Gasteiger partial charge in [-0.05, 0) is 26.3 Å². The first-order valence-corrected chi connectivity index (χ1v) is 6.77. The Labute approximate surface area is 149 Å². The first kappa shape index (κ1) is 36.5. The Bertz CT molecular complexity index is 165. The van der Waals surface area contributed by atoms with E-state index in [4.69, 9.17) is 5.73 Å². The zero-order valence-electron chi connectivity index (χ0n) is 10.2. The van der Waals surface area contributed by atoms with Crippen molar-refractivity contribution in [2.45, 2.75) is 6.42 Å². The molecule has 0 aromatic carbocycles. The minimum absolute atomic E-state index is 0. The molecule has 0 aliphatic heterocycles. The van der Waals surface area contributed by atoms with Crippen LogP contribution in [0.15, 0.2) is 0 Å². The molecule has 0 amide bonds. The van der Waals surface area contributed by atoms with Crippen molar-refractivity contribution in [2.24, 2.45) is 5.73 Å². The summed E-state index contributed by atoms with van der Waals surface area (Å²) in [4.78, 5) is 20.2. The van der Waals surface area contributed by atoms with Crippen LogP contribution in [0.25, 0.3) is 0 Å². The Morgan fingerprint density at radius 3 is 1.94 bits per heavy atom. The molecule has 0 bridgehead atoms. The maximum atomic E-state index is 10.1. The molecule has 9 N–H and O–H groups in total. The first-order valence-electron chi connectivity index (χ1n) is 3.63. The molecular weight excluding hydrogens is 293 g/mol. The fourth-order valence-corrected chi connectivity index (χ4v) is 1.99. The van der Waals surface area contributed by atoms with Gasteiger partial charge in [-0.1, -0.05) is 0 Å². The van der Waals surface area contributed by atoms with E-state index in [1.165, 1.54) is 0 Å². The summed E-state index contributed by atoms with van der Waals surface area (Å²) in [6, 6.07) is 0. The largest absolute Gasteiger partial charge is 1.00 e. The molecule has 0 saturated carbocycles. The Morgan fingerprint density at radius 2 is 1.59 bits per heavy atom. The van der Waals surface area contributed by atoms with Crippen molar-refractivity contribution in [3.63, 3.8) is 0 Å². The van der Waals surface area contributed by atoms with Crippen molar-refractivity contribution < 1.29 is 89.9 Å². The van der Waals surface area contributed by atoms with Crippen molar-refractivity contribution >= 4 is 18.2 Å². The maximum absolute atomic E-state index is 10.1. The summed E-state index contributed by atoms with van der Waals surface area (Å²) in [7, 11) is 0. The van der Waals surface area contributed by atoms with Gasteiger partial charge in [0.15, 0.2) is 0 Å². The molecular formula is C5H19N2Na2O6PS. The van der Waals surface area contributed by atoms with Gasteiger partial charge in [-0.25, -0.2) is 0 Å². The quantitative estimate of drug-likeness (QED) is 0.266. The summed E-state index contributed by atoms with van der Waals surface area (Å²) in [6.07, 6.45) is 0.858. The summed E-state index contributed by atoms with van der Waals surface area (Å²) in [6.45, 7) is -2.47. The van der Waals surface area contributed by atoms with Gasteiger partial charge in [-0.15, -0.1) is 11.4 Å². The predicted molar refractivity (Wildman–Crippen MR) is 57.4 cm³/mol. The van der Waals surface area contributed by atoms with E-state index >= 15 is 0 Å². The summed E-state index contributed by atoms with van der Waals surface area (Å²) in [5.41, 5.74) is 5.22. The first-order chi connectivity index (χ1) is 5.56. The van der Waals surface area contributed by atoms with E-state index in [0.29, 0.717) is 30.2 Å². The molecule has 0 unspecified atom stereocenters. The molecule has 0 rings (SSSR count). The van der Waals surface area contributed by atoms with Crippen LogP contribution >= 0.6 is 18.2 Å². The van der Waals surface area contributed by atoms with Gasteiger partial charge in [0, 0.05) is 12.3 Å². The van der Waals surface area contributed by atoms with E-state index in [1.54, 1.807) is 0 Å². The molecule has 0 aromatic heterocycles. The van der Waals surface area contributed by atoms with Crippen molar-refractivity contribution in [1.82, 2.24) is 5.32 Å². The van der Waals surface area contributed by atoms with E-state index in [-0.39, 0.29) is 75.5 Å². The Balaban J connectivity index is -0.0000000605. The molecule has 0 saturated heterocycles. The van der Waals surface area contributed by atoms with Crippen LogP contribution in [-0.4, -0.2) is 41.8 Å². The van der Waals surface area contributed by atoms with Crippen molar-refractivity contribution in [3.05, 3.63) is 0 Å². The number of nitrogens with one attached hydrogen (secondary N) is 1. The van der Waals surface area contributed by atoms with Gasteiger partial charge in [-0.2, -0.15) is 0 Å². The van der Waals surface area contributed by atoms with E-state index in [2.05, 4.69) is 5.32 Å². The van der Waals surface area contributed by atoms with Crippen LogP contribution in [-0.2, 0) is 4.57 Å². The predicted octanol–water partition coefficient (Wildman–Crippen LogP) is -9.98. The third-order valence-electron chi connectivity index (χ3n) is 1.09. The summed E-state index contributed by atoms with van der Waals surface area (Å²) < 4.78 is 10.1. The van der Waals surface area contributed by atoms with Gasteiger partial charge in [0.05, 0.1) is 0 Å². The monoisotopic (exact) mass is 312 g/mol. The molecule has 8 nitrogen and oxygen atoms in total. The fourth-order valence-electron chi connectivity index (χ4n) is 0.582. The number of rotatable bonds is 7. The van der Waals surface area contributed by atoms with Gasteiger partial charge >= 0.3 is 59.1 Å².